The molecule has 2 aromatic carbocycles. The monoisotopic (exact) mass is 527 g/mol. The number of alkyl halides is 3. The van der Waals surface area contributed by atoms with Crippen LogP contribution in [-0.4, -0.2) is 62.4 Å². The first-order valence-corrected chi connectivity index (χ1v) is 11.9. The van der Waals surface area contributed by atoms with Crippen LogP contribution in [0.1, 0.15) is 32.1 Å². The molecular formula is C26H21ClF3N5O2. The Hall–Kier alpha value is -3.92. The molecule has 37 heavy (non-hydrogen) atoms. The van der Waals surface area contributed by atoms with Gasteiger partial charge in [0.05, 0.1) is 5.69 Å². The van der Waals surface area contributed by atoms with Crippen molar-refractivity contribution in [2.75, 3.05) is 26.2 Å². The van der Waals surface area contributed by atoms with E-state index in [0.29, 0.717) is 15.6 Å². The summed E-state index contributed by atoms with van der Waals surface area (Å²) in [5.74, 6) is -0.770. The summed E-state index contributed by atoms with van der Waals surface area (Å²) in [6.07, 6.45) is -4.76. The first-order chi connectivity index (χ1) is 17.6. The zero-order valence-electron chi connectivity index (χ0n) is 19.7. The second kappa shape index (κ2) is 9.51. The van der Waals surface area contributed by atoms with Crippen molar-refractivity contribution in [2.24, 2.45) is 0 Å². The maximum absolute atomic E-state index is 14.0. The molecule has 4 aromatic rings. The molecule has 0 spiro atoms. The molecule has 1 aliphatic heterocycles. The highest BCUT2D eigenvalue weighted by Gasteiger charge is 2.37. The number of aromatic nitrogens is 3. The molecule has 11 heteroatoms. The first kappa shape index (κ1) is 24.8. The average molecular weight is 528 g/mol. The lowest BCUT2D eigenvalue weighted by atomic mass is 10.1. The smallest absolute Gasteiger partial charge is 0.335 e. The van der Waals surface area contributed by atoms with E-state index < -0.39 is 17.8 Å². The summed E-state index contributed by atoms with van der Waals surface area (Å²) >= 11 is 6.41. The molecule has 1 saturated heterocycles. The molecule has 0 radical (unpaired) electrons. The molecule has 3 heterocycles. The Morgan fingerprint density at radius 3 is 2.08 bits per heavy atom. The van der Waals surface area contributed by atoms with E-state index in [9.17, 15) is 22.8 Å². The molecule has 0 atom stereocenters. The number of aryl methyl sites for hydroxylation is 1. The number of amides is 2. The van der Waals surface area contributed by atoms with Gasteiger partial charge in [0.1, 0.15) is 5.02 Å². The van der Waals surface area contributed by atoms with E-state index in [0.717, 1.165) is 11.6 Å². The van der Waals surface area contributed by atoms with Gasteiger partial charge in [-0.25, -0.2) is 9.50 Å². The van der Waals surface area contributed by atoms with Gasteiger partial charge >= 0.3 is 6.18 Å². The number of piperazine rings is 1. The number of hydrogen-bond donors (Lipinski definition) is 0. The molecule has 1 aliphatic rings. The van der Waals surface area contributed by atoms with Crippen LogP contribution in [-0.2, 0) is 6.18 Å². The summed E-state index contributed by atoms with van der Waals surface area (Å²) in [7, 11) is 0. The van der Waals surface area contributed by atoms with Crippen LogP contribution in [0.5, 0.6) is 0 Å². The normalized spacial score (nSPS) is 14.3. The van der Waals surface area contributed by atoms with E-state index in [1.54, 1.807) is 53.4 Å². The van der Waals surface area contributed by atoms with Gasteiger partial charge in [0.15, 0.2) is 17.0 Å². The van der Waals surface area contributed by atoms with Gasteiger partial charge in [0.2, 0.25) is 0 Å². The minimum Gasteiger partial charge on any atom is -0.335 e. The lowest BCUT2D eigenvalue weighted by molar-refractivity contribution is -0.142. The van der Waals surface area contributed by atoms with Crippen LogP contribution in [0, 0.1) is 6.92 Å². The SMILES string of the molecule is Cc1ccc(-c2cc(C(F)(F)F)n3nc(C(=O)N4CCN(C(=O)c5ccccc5)CC4)c(Cl)c3n2)cc1. The van der Waals surface area contributed by atoms with Gasteiger partial charge < -0.3 is 9.80 Å². The predicted octanol–water partition coefficient (Wildman–Crippen LogP) is 4.98. The largest absolute Gasteiger partial charge is 0.433 e. The second-order valence-electron chi connectivity index (χ2n) is 8.74. The Morgan fingerprint density at radius 2 is 1.49 bits per heavy atom. The van der Waals surface area contributed by atoms with E-state index in [1.165, 1.54) is 4.90 Å². The Morgan fingerprint density at radius 1 is 0.892 bits per heavy atom. The average Bonchev–Trinajstić information content (AvgIpc) is 3.24. The molecule has 5 rings (SSSR count). The fraction of sp³-hybridized carbons (Fsp3) is 0.231. The zero-order chi connectivity index (χ0) is 26.3. The van der Waals surface area contributed by atoms with Crippen molar-refractivity contribution in [3.63, 3.8) is 0 Å². The lowest BCUT2D eigenvalue weighted by Gasteiger charge is -2.34. The molecule has 0 bridgehead atoms. The highest BCUT2D eigenvalue weighted by atomic mass is 35.5. The van der Waals surface area contributed by atoms with Gasteiger partial charge in [-0.05, 0) is 25.1 Å². The second-order valence-corrected chi connectivity index (χ2v) is 9.12. The molecule has 0 N–H and O–H groups in total. The van der Waals surface area contributed by atoms with Crippen LogP contribution >= 0.6 is 11.6 Å². The molecular weight excluding hydrogens is 507 g/mol. The first-order valence-electron chi connectivity index (χ1n) is 11.5. The van der Waals surface area contributed by atoms with Crippen molar-refractivity contribution < 1.29 is 22.8 Å². The standard InChI is InChI=1S/C26H21ClF3N5O2/c1-16-7-9-17(10-8-16)19-15-20(26(28,29)30)35-23(31-19)21(27)22(32-35)25(37)34-13-11-33(12-14-34)24(36)18-5-3-2-4-6-18/h2-10,15H,11-14H2,1H3. The third-order valence-electron chi connectivity index (χ3n) is 6.25. The maximum Gasteiger partial charge on any atom is 0.433 e. The summed E-state index contributed by atoms with van der Waals surface area (Å²) in [5, 5.41) is 3.68. The number of rotatable bonds is 3. The number of halogens is 4. The van der Waals surface area contributed by atoms with Crippen LogP contribution in [0.3, 0.4) is 0 Å². The third kappa shape index (κ3) is 4.76. The maximum atomic E-state index is 14.0. The van der Waals surface area contributed by atoms with Gasteiger partial charge in [0, 0.05) is 37.3 Å². The zero-order valence-corrected chi connectivity index (χ0v) is 20.4. The Kier molecular flexibility index (Phi) is 6.36. The number of benzene rings is 2. The van der Waals surface area contributed by atoms with Crippen molar-refractivity contribution in [2.45, 2.75) is 13.1 Å². The van der Waals surface area contributed by atoms with Crippen molar-refractivity contribution in [3.8, 4) is 11.3 Å². The van der Waals surface area contributed by atoms with E-state index in [-0.39, 0.29) is 54.1 Å². The molecule has 1 fully saturated rings. The van der Waals surface area contributed by atoms with Crippen molar-refractivity contribution in [3.05, 3.63) is 88.2 Å². The van der Waals surface area contributed by atoms with Gasteiger partial charge in [-0.2, -0.15) is 18.3 Å². The fourth-order valence-corrected chi connectivity index (χ4v) is 4.47. The van der Waals surface area contributed by atoms with Crippen LogP contribution in [0.15, 0.2) is 60.7 Å². The molecule has 2 amide bonds. The van der Waals surface area contributed by atoms with E-state index >= 15 is 0 Å². The Bertz CT molecular complexity index is 1480. The molecule has 190 valence electrons. The van der Waals surface area contributed by atoms with Crippen LogP contribution in [0.4, 0.5) is 13.2 Å². The summed E-state index contributed by atoms with van der Waals surface area (Å²) in [6.45, 7) is 2.79. The number of carbonyl (C=O) groups is 2. The number of carbonyl (C=O) groups excluding carboxylic acids is 2. The van der Waals surface area contributed by atoms with Gasteiger partial charge in [0.25, 0.3) is 11.8 Å². The summed E-state index contributed by atoms with van der Waals surface area (Å²) in [5.41, 5.74) is 0.364. The molecule has 7 nitrogen and oxygen atoms in total. The quantitative estimate of drug-likeness (QED) is 0.377. The number of nitrogens with zero attached hydrogens (tertiary/aromatic N) is 5. The number of hydrogen-bond acceptors (Lipinski definition) is 4. The van der Waals surface area contributed by atoms with Gasteiger partial charge in [-0.3, -0.25) is 9.59 Å². The highest BCUT2D eigenvalue weighted by molar-refractivity contribution is 6.36. The molecule has 0 unspecified atom stereocenters. The summed E-state index contributed by atoms with van der Waals surface area (Å²) in [6, 6.07) is 16.5. The topological polar surface area (TPSA) is 70.8 Å². The molecule has 0 aliphatic carbocycles. The Labute approximate surface area is 215 Å². The van der Waals surface area contributed by atoms with Crippen molar-refractivity contribution in [1.29, 1.82) is 0 Å². The van der Waals surface area contributed by atoms with Crippen LogP contribution in [0.25, 0.3) is 16.9 Å². The predicted molar refractivity (Wildman–Crippen MR) is 131 cm³/mol. The minimum absolute atomic E-state index is 0.0636. The van der Waals surface area contributed by atoms with Crippen LogP contribution in [0.2, 0.25) is 5.02 Å². The van der Waals surface area contributed by atoms with E-state index in [4.69, 9.17) is 11.6 Å². The van der Waals surface area contributed by atoms with Crippen molar-refractivity contribution >= 4 is 29.1 Å². The number of fused-ring (bicyclic) bond motifs is 1. The fourth-order valence-electron chi connectivity index (χ4n) is 4.23. The van der Waals surface area contributed by atoms with E-state index in [1.807, 2.05) is 13.0 Å². The highest BCUT2D eigenvalue weighted by Crippen LogP contribution is 2.35. The van der Waals surface area contributed by atoms with Crippen molar-refractivity contribution in [1.82, 2.24) is 24.4 Å². The summed E-state index contributed by atoms with van der Waals surface area (Å²) < 4.78 is 42.5. The molecule has 0 saturated carbocycles. The third-order valence-corrected chi connectivity index (χ3v) is 6.60. The van der Waals surface area contributed by atoms with E-state index in [2.05, 4.69) is 10.1 Å². The lowest BCUT2D eigenvalue weighted by Crippen LogP contribution is -2.50. The van der Waals surface area contributed by atoms with Gasteiger partial charge in [-0.15, -0.1) is 0 Å². The summed E-state index contributed by atoms with van der Waals surface area (Å²) in [4.78, 5) is 33.3. The van der Waals surface area contributed by atoms with Crippen LogP contribution < -0.4 is 0 Å². The Balaban J connectivity index is 1.44. The minimum atomic E-state index is -4.76. The molecule has 2 aromatic heterocycles. The van der Waals surface area contributed by atoms with Gasteiger partial charge in [-0.1, -0.05) is 59.6 Å².